The fourth-order valence-electron chi connectivity index (χ4n) is 4.91. The molecule has 1 saturated heterocycles. The van der Waals surface area contributed by atoms with Crippen LogP contribution in [0.1, 0.15) is 84.5 Å². The third-order valence-corrected chi connectivity index (χ3v) is 6.62. The van der Waals surface area contributed by atoms with Crippen molar-refractivity contribution in [1.29, 1.82) is 0 Å². The Morgan fingerprint density at radius 1 is 1.19 bits per heavy atom. The minimum Gasteiger partial charge on any atom is -0.378 e. The Morgan fingerprint density at radius 3 is 2.62 bits per heavy atom. The summed E-state index contributed by atoms with van der Waals surface area (Å²) in [7, 11) is 0. The maximum absolute atomic E-state index is 13.6. The molecule has 2 aliphatic carbocycles. The Kier molecular flexibility index (Phi) is 6.60. The fourth-order valence-corrected chi connectivity index (χ4v) is 4.91. The van der Waals surface area contributed by atoms with Gasteiger partial charge in [0.25, 0.3) is 0 Å². The van der Waals surface area contributed by atoms with Gasteiger partial charge >= 0.3 is 0 Å². The van der Waals surface area contributed by atoms with Crippen molar-refractivity contribution in [2.75, 3.05) is 6.61 Å². The summed E-state index contributed by atoms with van der Waals surface area (Å²) in [5, 5.41) is 3.54. The van der Waals surface area contributed by atoms with Crippen LogP contribution in [0, 0.1) is 11.3 Å². The van der Waals surface area contributed by atoms with Crippen LogP contribution >= 0.6 is 0 Å². The van der Waals surface area contributed by atoms with Crippen molar-refractivity contribution in [3.8, 4) is 0 Å². The molecule has 0 radical (unpaired) electrons. The molecule has 0 aromatic carbocycles. The average Bonchev–Trinajstić information content (AvgIpc) is 3.14. The summed E-state index contributed by atoms with van der Waals surface area (Å²) in [5.74, 6) is 0.954. The van der Waals surface area contributed by atoms with E-state index in [2.05, 4.69) is 43.5 Å². The predicted molar refractivity (Wildman–Crippen MR) is 107 cm³/mol. The number of ether oxygens (including phenoxy) is 1. The van der Waals surface area contributed by atoms with Crippen LogP contribution in [0.2, 0.25) is 0 Å². The zero-order valence-corrected chi connectivity index (χ0v) is 16.8. The number of rotatable bonds is 7. The minimum atomic E-state index is -0.261. The lowest BCUT2D eigenvalue weighted by Gasteiger charge is -2.42. The topological polar surface area (TPSA) is 38.3 Å². The van der Waals surface area contributed by atoms with Crippen molar-refractivity contribution < 1.29 is 9.53 Å². The maximum Gasteiger partial charge on any atom is 0.226 e. The van der Waals surface area contributed by atoms with Gasteiger partial charge in [-0.25, -0.2) is 0 Å². The van der Waals surface area contributed by atoms with Gasteiger partial charge in [0, 0.05) is 18.4 Å². The first-order chi connectivity index (χ1) is 12.5. The van der Waals surface area contributed by atoms with Gasteiger partial charge in [-0.1, -0.05) is 57.4 Å². The molecule has 2 atom stereocenters. The summed E-state index contributed by atoms with van der Waals surface area (Å²) < 4.78 is 5.90. The van der Waals surface area contributed by atoms with E-state index in [0.29, 0.717) is 11.8 Å². The van der Waals surface area contributed by atoms with Crippen LogP contribution in [0.25, 0.3) is 0 Å². The number of carbonyl (C=O) groups excluding carboxylic acids is 1. The monoisotopic (exact) mass is 359 g/mol. The van der Waals surface area contributed by atoms with Gasteiger partial charge in [0.1, 0.15) is 0 Å². The molecule has 26 heavy (non-hydrogen) atoms. The van der Waals surface area contributed by atoms with Crippen molar-refractivity contribution in [1.82, 2.24) is 5.32 Å². The maximum atomic E-state index is 13.6. The van der Waals surface area contributed by atoms with Gasteiger partial charge in [-0.05, 0) is 50.9 Å². The predicted octanol–water partition coefficient (Wildman–Crippen LogP) is 5.31. The summed E-state index contributed by atoms with van der Waals surface area (Å²) in [5.41, 5.74) is -0.413. The number of allylic oxidation sites excluding steroid dienone is 2. The highest BCUT2D eigenvalue weighted by Crippen LogP contribution is 2.42. The van der Waals surface area contributed by atoms with Gasteiger partial charge in [-0.15, -0.1) is 0 Å². The molecule has 0 bridgehead atoms. The molecule has 1 aliphatic heterocycles. The van der Waals surface area contributed by atoms with Gasteiger partial charge in [-0.2, -0.15) is 0 Å². The first kappa shape index (κ1) is 19.7. The molecule has 0 aromatic heterocycles. The standard InChI is InChI=1S/C23H37NO2/c1-19(2)11-16-22(12-5-3-6-13-22)21(25)24-23(14-7-4-8-15-23)18-20-10-9-17-26-20/h4,7-8,14,19-20H,3,5-6,9-13,15-18H2,1-2H3,(H,24,25). The molecule has 3 aliphatic rings. The second-order valence-corrected chi connectivity index (χ2v) is 9.21. The quantitative estimate of drug-likeness (QED) is 0.668. The summed E-state index contributed by atoms with van der Waals surface area (Å²) in [4.78, 5) is 13.6. The third kappa shape index (κ3) is 4.79. The van der Waals surface area contributed by atoms with Crippen LogP contribution < -0.4 is 5.32 Å². The summed E-state index contributed by atoms with van der Waals surface area (Å²) in [6.07, 6.45) is 20.9. The second-order valence-electron chi connectivity index (χ2n) is 9.21. The van der Waals surface area contributed by atoms with Crippen LogP contribution in [0.3, 0.4) is 0 Å². The SMILES string of the molecule is CC(C)CCC1(C(=O)NC2(CC3CCCO3)C=CC=CC2)CCCCC1. The molecule has 3 nitrogen and oxygen atoms in total. The zero-order valence-electron chi connectivity index (χ0n) is 16.8. The molecule has 0 aromatic rings. The fraction of sp³-hybridized carbons (Fsp3) is 0.783. The van der Waals surface area contributed by atoms with Crippen molar-refractivity contribution in [2.45, 2.75) is 96.1 Å². The van der Waals surface area contributed by atoms with E-state index in [9.17, 15) is 4.79 Å². The van der Waals surface area contributed by atoms with Gasteiger partial charge in [0.15, 0.2) is 0 Å². The number of hydrogen-bond donors (Lipinski definition) is 1. The minimum absolute atomic E-state index is 0.152. The Balaban J connectivity index is 1.73. The van der Waals surface area contributed by atoms with Gasteiger partial charge in [0.05, 0.1) is 11.6 Å². The summed E-state index contributed by atoms with van der Waals surface area (Å²) in [6.45, 7) is 5.40. The molecule has 1 heterocycles. The van der Waals surface area contributed by atoms with E-state index in [1.165, 1.54) is 19.3 Å². The van der Waals surface area contributed by atoms with Crippen molar-refractivity contribution in [3.05, 3.63) is 24.3 Å². The lowest BCUT2D eigenvalue weighted by molar-refractivity contribution is -0.135. The molecule has 146 valence electrons. The largest absolute Gasteiger partial charge is 0.378 e. The van der Waals surface area contributed by atoms with Crippen molar-refractivity contribution >= 4 is 5.91 Å². The van der Waals surface area contributed by atoms with Crippen molar-refractivity contribution in [3.63, 3.8) is 0 Å². The average molecular weight is 360 g/mol. The lowest BCUT2D eigenvalue weighted by Crippen LogP contribution is -2.54. The highest BCUT2D eigenvalue weighted by Gasteiger charge is 2.43. The zero-order chi connectivity index (χ0) is 18.5. The Bertz CT molecular complexity index is 524. The Hall–Kier alpha value is -1.09. The Morgan fingerprint density at radius 2 is 2.00 bits per heavy atom. The summed E-state index contributed by atoms with van der Waals surface area (Å²) in [6, 6.07) is 0. The number of carbonyl (C=O) groups is 1. The smallest absolute Gasteiger partial charge is 0.226 e. The molecule has 3 rings (SSSR count). The summed E-state index contributed by atoms with van der Waals surface area (Å²) >= 11 is 0. The first-order valence-corrected chi connectivity index (χ1v) is 10.8. The number of hydrogen-bond acceptors (Lipinski definition) is 2. The lowest BCUT2D eigenvalue weighted by atomic mass is 9.69. The van der Waals surface area contributed by atoms with E-state index < -0.39 is 0 Å². The van der Waals surface area contributed by atoms with Gasteiger partial charge in [-0.3, -0.25) is 4.79 Å². The van der Waals surface area contributed by atoms with Crippen LogP contribution in [-0.2, 0) is 9.53 Å². The molecular weight excluding hydrogens is 322 g/mol. The van der Waals surface area contributed by atoms with Crippen molar-refractivity contribution in [2.24, 2.45) is 11.3 Å². The van der Waals surface area contributed by atoms with E-state index in [1.807, 2.05) is 0 Å². The van der Waals surface area contributed by atoms with Crippen LogP contribution in [0.5, 0.6) is 0 Å². The molecule has 2 unspecified atom stereocenters. The van der Waals surface area contributed by atoms with Crippen LogP contribution in [-0.4, -0.2) is 24.2 Å². The normalized spacial score (nSPS) is 30.7. The van der Waals surface area contributed by atoms with Gasteiger partial charge < -0.3 is 10.1 Å². The van der Waals surface area contributed by atoms with E-state index in [4.69, 9.17) is 4.74 Å². The molecule has 1 saturated carbocycles. The molecule has 0 spiro atoms. The molecular formula is C23H37NO2. The Labute approximate surface area is 159 Å². The highest BCUT2D eigenvalue weighted by atomic mass is 16.5. The molecule has 3 heteroatoms. The number of nitrogens with one attached hydrogen (secondary N) is 1. The van der Waals surface area contributed by atoms with Crippen LogP contribution in [0.15, 0.2) is 24.3 Å². The van der Waals surface area contributed by atoms with E-state index in [1.54, 1.807) is 0 Å². The van der Waals surface area contributed by atoms with E-state index in [0.717, 1.165) is 58.0 Å². The van der Waals surface area contributed by atoms with Gasteiger partial charge in [0.2, 0.25) is 5.91 Å². The second kappa shape index (κ2) is 8.73. The van der Waals surface area contributed by atoms with E-state index >= 15 is 0 Å². The van der Waals surface area contributed by atoms with Crippen LogP contribution in [0.4, 0.5) is 0 Å². The highest BCUT2D eigenvalue weighted by molar-refractivity contribution is 5.83. The number of amides is 1. The molecule has 2 fully saturated rings. The van der Waals surface area contributed by atoms with E-state index in [-0.39, 0.29) is 17.1 Å². The third-order valence-electron chi connectivity index (χ3n) is 6.62. The molecule has 1 N–H and O–H groups in total. The first-order valence-electron chi connectivity index (χ1n) is 10.8. The molecule has 1 amide bonds.